The van der Waals surface area contributed by atoms with Gasteiger partial charge in [-0.3, -0.25) is 4.99 Å². The van der Waals surface area contributed by atoms with E-state index in [0.29, 0.717) is 31.1 Å². The Morgan fingerprint density at radius 3 is 2.66 bits per heavy atom. The van der Waals surface area contributed by atoms with Crippen LogP contribution in [-0.4, -0.2) is 70.0 Å². The maximum absolute atomic E-state index is 5.72. The highest BCUT2D eigenvalue weighted by Crippen LogP contribution is 2.17. The third kappa shape index (κ3) is 9.53. The van der Waals surface area contributed by atoms with Crippen LogP contribution in [0.15, 0.2) is 35.3 Å². The molecule has 1 aliphatic heterocycles. The number of nitrogens with one attached hydrogen (secondary N) is 2. The molecule has 2 N–H and O–H groups in total. The van der Waals surface area contributed by atoms with Crippen molar-refractivity contribution in [2.45, 2.75) is 33.2 Å². The van der Waals surface area contributed by atoms with Gasteiger partial charge < -0.3 is 25.0 Å². The van der Waals surface area contributed by atoms with Crippen molar-refractivity contribution in [1.29, 1.82) is 0 Å². The van der Waals surface area contributed by atoms with Crippen LogP contribution in [0.25, 0.3) is 0 Å². The maximum atomic E-state index is 5.72. The smallest absolute Gasteiger partial charge is 0.193 e. The molecular weight excluding hydrogens is 479 g/mol. The average Bonchev–Trinajstić information content (AvgIpc) is 3.17. The molecule has 0 spiro atoms. The summed E-state index contributed by atoms with van der Waals surface area (Å²) in [5, 5.41) is 7.10. The van der Waals surface area contributed by atoms with Crippen molar-refractivity contribution in [3.8, 4) is 0 Å². The summed E-state index contributed by atoms with van der Waals surface area (Å²) in [7, 11) is 1.71. The number of methoxy groups -OCH3 is 1. The molecule has 2 rings (SSSR count). The Kier molecular flexibility index (Phi) is 13.3. The van der Waals surface area contributed by atoms with Crippen LogP contribution in [0, 0.1) is 11.8 Å². The second kappa shape index (κ2) is 14.8. The van der Waals surface area contributed by atoms with Crippen molar-refractivity contribution in [2.24, 2.45) is 16.8 Å². The van der Waals surface area contributed by atoms with Gasteiger partial charge in [-0.25, -0.2) is 0 Å². The van der Waals surface area contributed by atoms with Crippen LogP contribution in [0.2, 0.25) is 0 Å². The Bertz CT molecular complexity index is 571. The van der Waals surface area contributed by atoms with E-state index in [4.69, 9.17) is 14.5 Å². The van der Waals surface area contributed by atoms with E-state index in [1.807, 2.05) is 6.07 Å². The molecule has 166 valence electrons. The van der Waals surface area contributed by atoms with Gasteiger partial charge in [-0.2, -0.15) is 0 Å². The van der Waals surface area contributed by atoms with Gasteiger partial charge in [0.25, 0.3) is 0 Å². The van der Waals surface area contributed by atoms with Crippen molar-refractivity contribution >= 4 is 35.6 Å². The molecule has 2 atom stereocenters. The molecule has 0 amide bonds. The molecule has 29 heavy (non-hydrogen) atoms. The molecule has 1 aromatic rings. The predicted octanol–water partition coefficient (Wildman–Crippen LogP) is 3.69. The number of benzene rings is 1. The highest BCUT2D eigenvalue weighted by Gasteiger charge is 2.25. The SMILES string of the molecule is CCNC(=NCC(Nc1ccccc1)C(C)C)N1CCC(COCCOC)C1.I. The minimum Gasteiger partial charge on any atom is -0.382 e. The van der Waals surface area contributed by atoms with E-state index in [1.165, 1.54) is 0 Å². The summed E-state index contributed by atoms with van der Waals surface area (Å²) in [5.74, 6) is 2.07. The number of para-hydroxylation sites is 1. The van der Waals surface area contributed by atoms with E-state index in [1.54, 1.807) is 7.11 Å². The molecule has 0 radical (unpaired) electrons. The Labute approximate surface area is 193 Å². The number of nitrogens with zero attached hydrogens (tertiary/aromatic N) is 2. The lowest BCUT2D eigenvalue weighted by Crippen LogP contribution is -2.41. The van der Waals surface area contributed by atoms with E-state index in [9.17, 15) is 0 Å². The molecule has 1 fully saturated rings. The van der Waals surface area contributed by atoms with Crippen molar-refractivity contribution in [2.75, 3.05) is 58.4 Å². The number of rotatable bonds is 11. The second-order valence-electron chi connectivity index (χ2n) is 7.72. The van der Waals surface area contributed by atoms with E-state index in [0.717, 1.165) is 50.9 Å². The lowest BCUT2D eigenvalue weighted by molar-refractivity contribution is 0.0536. The van der Waals surface area contributed by atoms with Crippen molar-refractivity contribution < 1.29 is 9.47 Å². The molecule has 1 saturated heterocycles. The molecule has 0 aromatic heterocycles. The van der Waals surface area contributed by atoms with Crippen LogP contribution in [0.5, 0.6) is 0 Å². The second-order valence-corrected chi connectivity index (χ2v) is 7.72. The Morgan fingerprint density at radius 2 is 2.00 bits per heavy atom. The first-order chi connectivity index (χ1) is 13.6. The number of hydrogen-bond donors (Lipinski definition) is 2. The third-order valence-electron chi connectivity index (χ3n) is 5.07. The van der Waals surface area contributed by atoms with Crippen LogP contribution in [0.4, 0.5) is 5.69 Å². The highest BCUT2D eigenvalue weighted by molar-refractivity contribution is 14.0. The van der Waals surface area contributed by atoms with Crippen molar-refractivity contribution in [3.63, 3.8) is 0 Å². The summed E-state index contributed by atoms with van der Waals surface area (Å²) < 4.78 is 10.8. The predicted molar refractivity (Wildman–Crippen MR) is 132 cm³/mol. The molecule has 0 bridgehead atoms. The van der Waals surface area contributed by atoms with Crippen LogP contribution in [0.1, 0.15) is 27.2 Å². The Balaban J connectivity index is 0.00000420. The van der Waals surface area contributed by atoms with Gasteiger partial charge in [-0.15, -0.1) is 24.0 Å². The largest absolute Gasteiger partial charge is 0.382 e. The monoisotopic (exact) mass is 518 g/mol. The number of guanidine groups is 1. The lowest BCUT2D eigenvalue weighted by Gasteiger charge is -2.25. The zero-order valence-corrected chi connectivity index (χ0v) is 20.7. The van der Waals surface area contributed by atoms with Crippen LogP contribution >= 0.6 is 24.0 Å². The highest BCUT2D eigenvalue weighted by atomic mass is 127. The standard InChI is InChI=1S/C22H38N4O2.HI/c1-5-23-22(26-12-11-19(16-26)17-28-14-13-27-4)24-15-21(18(2)3)25-20-9-7-6-8-10-20;/h6-10,18-19,21,25H,5,11-17H2,1-4H3,(H,23,24);1H. The minimum absolute atomic E-state index is 0. The summed E-state index contributed by atoms with van der Waals surface area (Å²) in [5.41, 5.74) is 1.15. The molecule has 1 heterocycles. The summed E-state index contributed by atoms with van der Waals surface area (Å²) in [6.45, 7) is 12.4. The van der Waals surface area contributed by atoms with Gasteiger partial charge in [0.1, 0.15) is 0 Å². The number of aliphatic imine (C=N–C) groups is 1. The summed E-state index contributed by atoms with van der Waals surface area (Å²) in [6, 6.07) is 10.7. The van der Waals surface area contributed by atoms with Crippen LogP contribution < -0.4 is 10.6 Å². The number of halogens is 1. The third-order valence-corrected chi connectivity index (χ3v) is 5.07. The van der Waals surface area contributed by atoms with Gasteiger partial charge in [-0.05, 0) is 31.4 Å². The fourth-order valence-corrected chi connectivity index (χ4v) is 3.34. The fraction of sp³-hybridized carbons (Fsp3) is 0.682. The molecule has 1 aromatic carbocycles. The van der Waals surface area contributed by atoms with Crippen LogP contribution in [-0.2, 0) is 9.47 Å². The van der Waals surface area contributed by atoms with Gasteiger partial charge in [0.05, 0.1) is 26.4 Å². The molecule has 6 nitrogen and oxygen atoms in total. The average molecular weight is 518 g/mol. The first-order valence-electron chi connectivity index (χ1n) is 10.6. The van der Waals surface area contributed by atoms with E-state index >= 15 is 0 Å². The number of ether oxygens (including phenoxy) is 2. The lowest BCUT2D eigenvalue weighted by atomic mass is 10.0. The summed E-state index contributed by atoms with van der Waals surface area (Å²) in [6.07, 6.45) is 1.15. The van der Waals surface area contributed by atoms with Crippen LogP contribution in [0.3, 0.4) is 0 Å². The fourth-order valence-electron chi connectivity index (χ4n) is 3.34. The van der Waals surface area contributed by atoms with E-state index in [2.05, 4.69) is 60.6 Å². The molecule has 0 aliphatic carbocycles. The number of hydrogen-bond acceptors (Lipinski definition) is 4. The first-order valence-corrected chi connectivity index (χ1v) is 10.6. The summed E-state index contributed by atoms with van der Waals surface area (Å²) in [4.78, 5) is 7.33. The zero-order valence-electron chi connectivity index (χ0n) is 18.4. The first kappa shape index (κ1) is 26.0. The molecule has 0 saturated carbocycles. The molecule has 2 unspecified atom stereocenters. The van der Waals surface area contributed by atoms with Gasteiger partial charge in [0.15, 0.2) is 5.96 Å². The van der Waals surface area contributed by atoms with Crippen molar-refractivity contribution in [3.05, 3.63) is 30.3 Å². The van der Waals surface area contributed by atoms with Crippen molar-refractivity contribution in [1.82, 2.24) is 10.2 Å². The van der Waals surface area contributed by atoms with Gasteiger partial charge in [-0.1, -0.05) is 32.0 Å². The molecular formula is C22H39IN4O2. The number of anilines is 1. The van der Waals surface area contributed by atoms with E-state index < -0.39 is 0 Å². The molecule has 7 heteroatoms. The Morgan fingerprint density at radius 1 is 1.24 bits per heavy atom. The minimum atomic E-state index is 0. The number of likely N-dealkylation sites (tertiary alicyclic amines) is 1. The summed E-state index contributed by atoms with van der Waals surface area (Å²) >= 11 is 0. The maximum Gasteiger partial charge on any atom is 0.193 e. The zero-order chi connectivity index (χ0) is 20.2. The van der Waals surface area contributed by atoms with Gasteiger partial charge >= 0.3 is 0 Å². The van der Waals surface area contributed by atoms with E-state index in [-0.39, 0.29) is 24.0 Å². The Hall–Kier alpha value is -1.06. The normalized spacial score (nSPS) is 17.9. The van der Waals surface area contributed by atoms with Gasteiger partial charge in [0.2, 0.25) is 0 Å². The quantitative estimate of drug-likeness (QED) is 0.203. The molecule has 1 aliphatic rings. The van der Waals surface area contributed by atoms with Gasteiger partial charge in [0, 0.05) is 44.4 Å². The topological polar surface area (TPSA) is 58.1 Å².